The molecule has 1 heterocycles. The normalized spacial score (nSPS) is 14.8. The van der Waals surface area contributed by atoms with Crippen molar-refractivity contribution in [2.24, 2.45) is 0 Å². The van der Waals surface area contributed by atoms with Crippen LogP contribution >= 0.6 is 0 Å². The molecular weight excluding hydrogens is 433 g/mol. The van der Waals surface area contributed by atoms with Crippen LogP contribution in [0.4, 0.5) is 4.39 Å². The number of hydrogen-bond donors (Lipinski definition) is 0. The molecule has 0 aliphatic carbocycles. The molecule has 3 aromatic carbocycles. The van der Waals surface area contributed by atoms with Gasteiger partial charge in [0.25, 0.3) is 5.91 Å². The minimum atomic E-state index is -0.480. The van der Waals surface area contributed by atoms with Crippen LogP contribution in [0.5, 0.6) is 5.75 Å². The number of nitriles is 1. The maximum atomic E-state index is 13.2. The summed E-state index contributed by atoms with van der Waals surface area (Å²) < 4.78 is 18.8. The number of hydrogen-bond acceptors (Lipinski definition) is 5. The molecule has 1 aliphatic heterocycles. The summed E-state index contributed by atoms with van der Waals surface area (Å²) >= 11 is 0. The monoisotopic (exact) mass is 457 g/mol. The van der Waals surface area contributed by atoms with Crippen molar-refractivity contribution >= 4 is 11.7 Å². The molecule has 0 saturated carbocycles. The van der Waals surface area contributed by atoms with Gasteiger partial charge in [0.15, 0.2) is 12.4 Å². The molecular formula is C27H24FN3O3. The molecule has 0 N–H and O–H groups in total. The highest BCUT2D eigenvalue weighted by atomic mass is 19.1. The molecule has 1 saturated heterocycles. The van der Waals surface area contributed by atoms with Crippen molar-refractivity contribution in [1.29, 1.82) is 5.26 Å². The lowest BCUT2D eigenvalue weighted by atomic mass is 10.0. The van der Waals surface area contributed by atoms with E-state index < -0.39 is 6.04 Å². The van der Waals surface area contributed by atoms with E-state index in [4.69, 9.17) is 4.74 Å². The highest BCUT2D eigenvalue weighted by Crippen LogP contribution is 2.22. The molecule has 4 rings (SSSR count). The third-order valence-electron chi connectivity index (χ3n) is 5.85. The average Bonchev–Trinajstić information content (AvgIpc) is 2.89. The highest BCUT2D eigenvalue weighted by Gasteiger charge is 2.27. The van der Waals surface area contributed by atoms with Crippen LogP contribution in [0, 0.1) is 17.1 Å². The van der Waals surface area contributed by atoms with Crippen LogP contribution in [0.1, 0.15) is 27.5 Å². The molecule has 0 spiro atoms. The van der Waals surface area contributed by atoms with Crippen LogP contribution in [-0.4, -0.2) is 54.3 Å². The Kier molecular flexibility index (Phi) is 7.31. The Morgan fingerprint density at radius 3 is 2.12 bits per heavy atom. The number of amides is 1. The summed E-state index contributed by atoms with van der Waals surface area (Å²) in [5.41, 5.74) is 1.90. The van der Waals surface area contributed by atoms with Gasteiger partial charge < -0.3 is 9.64 Å². The largest absolute Gasteiger partial charge is 0.484 e. The molecule has 1 amide bonds. The number of halogens is 1. The van der Waals surface area contributed by atoms with Crippen molar-refractivity contribution in [3.05, 3.63) is 101 Å². The quantitative estimate of drug-likeness (QED) is 0.504. The third-order valence-corrected chi connectivity index (χ3v) is 5.85. The van der Waals surface area contributed by atoms with Gasteiger partial charge in [0.1, 0.15) is 17.6 Å². The zero-order chi connectivity index (χ0) is 23.9. The molecule has 1 fully saturated rings. The van der Waals surface area contributed by atoms with Crippen LogP contribution in [0.2, 0.25) is 0 Å². The number of nitrogens with zero attached hydrogens (tertiary/aromatic N) is 3. The minimum absolute atomic E-state index is 0.0718. The standard InChI is InChI=1S/C27H24FN3O3/c28-23-10-6-20(7-11-23)25(18-29)30-14-16-31(17-15-30)26(32)19-34-24-12-8-22(9-13-24)27(33)21-4-2-1-3-5-21/h1-13,25H,14-17,19H2/t25-/m1/s1. The first-order chi connectivity index (χ1) is 16.5. The van der Waals surface area contributed by atoms with Gasteiger partial charge in [-0.3, -0.25) is 14.5 Å². The fourth-order valence-electron chi connectivity index (χ4n) is 3.94. The molecule has 34 heavy (non-hydrogen) atoms. The Balaban J connectivity index is 1.27. The zero-order valence-electron chi connectivity index (χ0n) is 18.6. The molecule has 0 radical (unpaired) electrons. The van der Waals surface area contributed by atoms with Crippen LogP contribution in [-0.2, 0) is 4.79 Å². The number of carbonyl (C=O) groups is 2. The van der Waals surface area contributed by atoms with Gasteiger partial charge in [-0.15, -0.1) is 0 Å². The molecule has 1 aliphatic rings. The lowest BCUT2D eigenvalue weighted by molar-refractivity contribution is -0.135. The Labute approximate surface area is 197 Å². The van der Waals surface area contributed by atoms with E-state index >= 15 is 0 Å². The van der Waals surface area contributed by atoms with Gasteiger partial charge >= 0.3 is 0 Å². The Morgan fingerprint density at radius 1 is 0.882 bits per heavy atom. The molecule has 1 atom stereocenters. The molecule has 6 nitrogen and oxygen atoms in total. The van der Waals surface area contributed by atoms with Gasteiger partial charge in [0.05, 0.1) is 6.07 Å². The summed E-state index contributed by atoms with van der Waals surface area (Å²) in [5.74, 6) is -0.0393. The summed E-state index contributed by atoms with van der Waals surface area (Å²) in [6.45, 7) is 1.93. The van der Waals surface area contributed by atoms with E-state index in [-0.39, 0.29) is 24.1 Å². The van der Waals surface area contributed by atoms with Crippen molar-refractivity contribution in [2.75, 3.05) is 32.8 Å². The van der Waals surface area contributed by atoms with E-state index in [1.807, 2.05) is 23.1 Å². The van der Waals surface area contributed by atoms with Crippen LogP contribution in [0.3, 0.4) is 0 Å². The Hall–Kier alpha value is -4.02. The van der Waals surface area contributed by atoms with E-state index in [0.717, 1.165) is 5.56 Å². The summed E-state index contributed by atoms with van der Waals surface area (Å²) in [4.78, 5) is 28.8. The molecule has 3 aromatic rings. The van der Waals surface area contributed by atoms with Crippen molar-refractivity contribution in [1.82, 2.24) is 9.80 Å². The first kappa shape index (κ1) is 23.1. The van der Waals surface area contributed by atoms with E-state index in [9.17, 15) is 19.2 Å². The molecule has 0 bridgehead atoms. The summed E-state index contributed by atoms with van der Waals surface area (Å²) in [5, 5.41) is 9.60. The Morgan fingerprint density at radius 2 is 1.50 bits per heavy atom. The average molecular weight is 458 g/mol. The van der Waals surface area contributed by atoms with Gasteiger partial charge in [0.2, 0.25) is 0 Å². The van der Waals surface area contributed by atoms with Crippen molar-refractivity contribution in [3.8, 4) is 11.8 Å². The second-order valence-electron chi connectivity index (χ2n) is 8.01. The predicted molar refractivity (Wildman–Crippen MR) is 125 cm³/mol. The summed E-state index contributed by atoms with van der Waals surface area (Å²) in [6, 6.07) is 23.5. The SMILES string of the molecule is N#C[C@H](c1ccc(F)cc1)N1CCN(C(=O)COc2ccc(C(=O)c3ccccc3)cc2)CC1. The van der Waals surface area contributed by atoms with Gasteiger partial charge in [-0.2, -0.15) is 5.26 Å². The predicted octanol–water partition coefficient (Wildman–Crippen LogP) is 3.84. The third kappa shape index (κ3) is 5.48. The van der Waals surface area contributed by atoms with Crippen LogP contribution < -0.4 is 4.74 Å². The number of ketones is 1. The van der Waals surface area contributed by atoms with Crippen molar-refractivity contribution in [2.45, 2.75) is 6.04 Å². The zero-order valence-corrected chi connectivity index (χ0v) is 18.6. The van der Waals surface area contributed by atoms with E-state index in [2.05, 4.69) is 6.07 Å². The van der Waals surface area contributed by atoms with E-state index in [1.54, 1.807) is 53.4 Å². The number of rotatable bonds is 7. The molecule has 0 unspecified atom stereocenters. The van der Waals surface area contributed by atoms with Gasteiger partial charge in [-0.05, 0) is 42.0 Å². The van der Waals surface area contributed by atoms with Crippen molar-refractivity contribution < 1.29 is 18.7 Å². The maximum Gasteiger partial charge on any atom is 0.260 e. The van der Waals surface area contributed by atoms with Gasteiger partial charge in [-0.25, -0.2) is 4.39 Å². The second-order valence-corrected chi connectivity index (χ2v) is 8.01. The topological polar surface area (TPSA) is 73.6 Å². The molecule has 172 valence electrons. The second kappa shape index (κ2) is 10.7. The number of piperazine rings is 1. The van der Waals surface area contributed by atoms with E-state index in [1.165, 1.54) is 12.1 Å². The molecule has 0 aromatic heterocycles. The minimum Gasteiger partial charge on any atom is -0.484 e. The lowest BCUT2D eigenvalue weighted by Crippen LogP contribution is -2.50. The number of carbonyl (C=O) groups excluding carboxylic acids is 2. The fourth-order valence-corrected chi connectivity index (χ4v) is 3.94. The van der Waals surface area contributed by atoms with Crippen LogP contribution in [0.25, 0.3) is 0 Å². The van der Waals surface area contributed by atoms with E-state index in [0.29, 0.717) is 43.1 Å². The van der Waals surface area contributed by atoms with Gasteiger partial charge in [0, 0.05) is 37.3 Å². The first-order valence-corrected chi connectivity index (χ1v) is 11.0. The summed E-state index contributed by atoms with van der Waals surface area (Å²) in [7, 11) is 0. The first-order valence-electron chi connectivity index (χ1n) is 11.0. The highest BCUT2D eigenvalue weighted by molar-refractivity contribution is 6.08. The van der Waals surface area contributed by atoms with Crippen LogP contribution in [0.15, 0.2) is 78.9 Å². The van der Waals surface area contributed by atoms with Crippen molar-refractivity contribution in [3.63, 3.8) is 0 Å². The molecule has 7 heteroatoms. The fraction of sp³-hybridized carbons (Fsp3) is 0.222. The summed E-state index contributed by atoms with van der Waals surface area (Å²) in [6.07, 6.45) is 0. The Bertz CT molecular complexity index is 1170. The van der Waals surface area contributed by atoms with Gasteiger partial charge in [-0.1, -0.05) is 42.5 Å². The number of benzene rings is 3. The maximum absolute atomic E-state index is 13.2. The number of ether oxygens (including phenoxy) is 1. The smallest absolute Gasteiger partial charge is 0.260 e. The lowest BCUT2D eigenvalue weighted by Gasteiger charge is -2.37.